The molecule has 1 aromatic carbocycles. The number of oxime groups is 1. The molecule has 0 aromatic heterocycles. The summed E-state index contributed by atoms with van der Waals surface area (Å²) in [6.45, 7) is 1.61. The Kier molecular flexibility index (Phi) is 6.53. The van der Waals surface area contributed by atoms with Gasteiger partial charge in [-0.1, -0.05) is 5.16 Å². The molecule has 1 saturated carbocycles. The Morgan fingerprint density at radius 3 is 2.34 bits per heavy atom. The van der Waals surface area contributed by atoms with E-state index >= 15 is 0 Å². The van der Waals surface area contributed by atoms with Crippen LogP contribution in [-0.2, 0) is 25.6 Å². The van der Waals surface area contributed by atoms with Crippen molar-refractivity contribution in [2.45, 2.75) is 31.4 Å². The number of aliphatic hydroxyl groups excluding tert-OH is 2. The largest absolute Gasteiger partial charge is 0.508 e. The Morgan fingerprint density at radius 2 is 1.82 bits per heavy atom. The van der Waals surface area contributed by atoms with Gasteiger partial charge in [0, 0.05) is 36.8 Å². The van der Waals surface area contributed by atoms with E-state index in [9.17, 15) is 34.8 Å². The molecule has 0 spiro atoms. The standard InChI is InChI=1S/C26H32N4O8/c1-10(28-38-6)12-9-15(29(2)3)13-7-11-8-14-19(30(4)5)22(33)18(25(27)36)24(35)26(14,37)23(34)16(11)21(32)17(13)20(12)31/h9,11,14,19,31-32,35,37H,7-8H2,1-6H3,(H2,27,36)/b28-10+/t11-,14-,19-,26-/m0/s1. The lowest BCUT2D eigenvalue weighted by Crippen LogP contribution is -2.65. The number of ketones is 2. The molecular formula is C26H32N4O8. The minimum atomic E-state index is -2.68. The van der Waals surface area contributed by atoms with Crippen LogP contribution in [-0.4, -0.2) is 95.5 Å². The van der Waals surface area contributed by atoms with Crippen LogP contribution in [0.4, 0.5) is 5.69 Å². The van der Waals surface area contributed by atoms with Crippen LogP contribution < -0.4 is 10.6 Å². The summed E-state index contributed by atoms with van der Waals surface area (Å²) >= 11 is 0. The maximum absolute atomic E-state index is 14.0. The van der Waals surface area contributed by atoms with Gasteiger partial charge in [-0.2, -0.15) is 0 Å². The summed E-state index contributed by atoms with van der Waals surface area (Å²) in [6.07, 6.45) is 0.210. The molecule has 0 saturated heterocycles. The van der Waals surface area contributed by atoms with E-state index in [0.29, 0.717) is 17.0 Å². The maximum Gasteiger partial charge on any atom is 0.255 e. The van der Waals surface area contributed by atoms with Gasteiger partial charge in [0.25, 0.3) is 5.91 Å². The minimum Gasteiger partial charge on any atom is -0.508 e. The number of fused-ring (bicyclic) bond motifs is 3. The van der Waals surface area contributed by atoms with Crippen LogP contribution in [0, 0.1) is 11.8 Å². The number of nitrogens with two attached hydrogens (primary N) is 1. The molecule has 0 aliphatic heterocycles. The number of benzene rings is 1. The second-order valence-corrected chi connectivity index (χ2v) is 10.4. The van der Waals surface area contributed by atoms with Crippen LogP contribution in [0.25, 0.3) is 5.76 Å². The van der Waals surface area contributed by atoms with Gasteiger partial charge in [-0.25, -0.2) is 0 Å². The van der Waals surface area contributed by atoms with Crippen molar-refractivity contribution in [3.05, 3.63) is 39.7 Å². The van der Waals surface area contributed by atoms with Gasteiger partial charge in [-0.05, 0) is 51.4 Å². The van der Waals surface area contributed by atoms with Crippen molar-refractivity contribution in [3.8, 4) is 5.75 Å². The molecule has 0 radical (unpaired) electrons. The van der Waals surface area contributed by atoms with Crippen molar-refractivity contribution in [2.24, 2.45) is 22.7 Å². The van der Waals surface area contributed by atoms with Gasteiger partial charge in [0.2, 0.25) is 5.78 Å². The van der Waals surface area contributed by atoms with Gasteiger partial charge < -0.3 is 35.9 Å². The second kappa shape index (κ2) is 9.14. The molecule has 0 unspecified atom stereocenters. The van der Waals surface area contributed by atoms with Crippen molar-refractivity contribution in [1.82, 2.24) is 4.90 Å². The number of hydrogen-bond donors (Lipinski definition) is 5. The van der Waals surface area contributed by atoms with E-state index in [1.54, 1.807) is 46.1 Å². The summed E-state index contributed by atoms with van der Waals surface area (Å²) in [6, 6.07) is 0.565. The number of carbonyl (C=O) groups excluding carboxylic acids is 3. The molecule has 1 fully saturated rings. The number of amides is 1. The van der Waals surface area contributed by atoms with Crippen molar-refractivity contribution >= 4 is 34.6 Å². The van der Waals surface area contributed by atoms with E-state index in [4.69, 9.17) is 10.6 Å². The number of nitrogens with zero attached hydrogens (tertiary/aromatic N) is 3. The molecule has 12 nitrogen and oxygen atoms in total. The van der Waals surface area contributed by atoms with Crippen LogP contribution in [0.5, 0.6) is 5.75 Å². The molecule has 12 heteroatoms. The van der Waals surface area contributed by atoms with Gasteiger partial charge in [0.15, 0.2) is 11.4 Å². The van der Waals surface area contributed by atoms with Crippen LogP contribution in [0.15, 0.2) is 28.1 Å². The highest BCUT2D eigenvalue weighted by Gasteiger charge is 2.64. The third-order valence-electron chi connectivity index (χ3n) is 7.80. The average Bonchev–Trinajstić information content (AvgIpc) is 2.81. The molecule has 3 aliphatic carbocycles. The molecule has 38 heavy (non-hydrogen) atoms. The minimum absolute atomic E-state index is 0.00635. The second-order valence-electron chi connectivity index (χ2n) is 10.4. The lowest BCUT2D eigenvalue weighted by Gasteiger charge is -2.50. The molecule has 1 amide bonds. The van der Waals surface area contributed by atoms with E-state index in [1.807, 2.05) is 0 Å². The first-order chi connectivity index (χ1) is 17.7. The van der Waals surface area contributed by atoms with Crippen LogP contribution >= 0.6 is 0 Å². The topological polar surface area (TPSA) is 186 Å². The monoisotopic (exact) mass is 528 g/mol. The number of Topliss-reactive ketones (excluding diaryl/α,β-unsaturated/α-hetero) is 2. The Labute approximate surface area is 219 Å². The molecule has 4 rings (SSSR count). The molecule has 204 valence electrons. The highest BCUT2D eigenvalue weighted by molar-refractivity contribution is 6.24. The normalized spacial score (nSPS) is 27.3. The molecular weight excluding hydrogens is 496 g/mol. The Bertz CT molecular complexity index is 1360. The zero-order valence-electron chi connectivity index (χ0n) is 22.1. The third-order valence-corrected chi connectivity index (χ3v) is 7.80. The number of phenols is 1. The predicted octanol–water partition coefficient (Wildman–Crippen LogP) is 0.400. The number of hydrogen-bond acceptors (Lipinski definition) is 11. The Balaban J connectivity index is 2.02. The van der Waals surface area contributed by atoms with E-state index in [2.05, 4.69) is 5.16 Å². The predicted molar refractivity (Wildman–Crippen MR) is 138 cm³/mol. The fraction of sp³-hybridized carbons (Fsp3) is 0.462. The average molecular weight is 529 g/mol. The summed E-state index contributed by atoms with van der Waals surface area (Å²) in [7, 11) is 8.04. The molecule has 0 heterocycles. The summed E-state index contributed by atoms with van der Waals surface area (Å²) in [5.74, 6) is -6.94. The zero-order chi connectivity index (χ0) is 28.4. The Morgan fingerprint density at radius 1 is 1.18 bits per heavy atom. The van der Waals surface area contributed by atoms with E-state index < -0.39 is 58.0 Å². The van der Waals surface area contributed by atoms with Gasteiger partial charge in [-0.3, -0.25) is 19.3 Å². The van der Waals surface area contributed by atoms with E-state index in [-0.39, 0.29) is 35.3 Å². The number of anilines is 1. The van der Waals surface area contributed by atoms with Gasteiger partial charge >= 0.3 is 0 Å². The SMILES string of the molecule is CO/N=C(\C)c1cc(N(C)C)c2c(c1O)C(O)=C1C(=O)[C@]3(O)C(O)=C(C(N)=O)C(=O)[C@@H](N(C)C)[C@@H]3C[C@@H]1C2. The smallest absolute Gasteiger partial charge is 0.255 e. The number of phenolic OH excluding ortho intramolecular Hbond substituents is 1. The molecule has 1 aromatic rings. The van der Waals surface area contributed by atoms with Crippen LogP contribution in [0.2, 0.25) is 0 Å². The summed E-state index contributed by atoms with van der Waals surface area (Å²) in [5.41, 5.74) is 3.39. The number of primary amides is 1. The highest BCUT2D eigenvalue weighted by atomic mass is 16.6. The van der Waals surface area contributed by atoms with Crippen molar-refractivity contribution in [1.29, 1.82) is 0 Å². The van der Waals surface area contributed by atoms with Crippen molar-refractivity contribution in [2.75, 3.05) is 40.2 Å². The van der Waals surface area contributed by atoms with Gasteiger partial charge in [-0.15, -0.1) is 0 Å². The lowest BCUT2D eigenvalue weighted by atomic mass is 9.57. The molecule has 6 N–H and O–H groups in total. The van der Waals surface area contributed by atoms with E-state index in [0.717, 1.165) is 0 Å². The van der Waals surface area contributed by atoms with Crippen molar-refractivity contribution < 1.29 is 39.6 Å². The first-order valence-corrected chi connectivity index (χ1v) is 12.0. The van der Waals surface area contributed by atoms with Gasteiger partial charge in [0.1, 0.15) is 30.0 Å². The molecule has 0 bridgehead atoms. The zero-order valence-corrected chi connectivity index (χ0v) is 22.1. The quantitative estimate of drug-likeness (QED) is 0.203. The fourth-order valence-corrected chi connectivity index (χ4v) is 6.15. The van der Waals surface area contributed by atoms with Gasteiger partial charge in [0.05, 0.1) is 17.3 Å². The maximum atomic E-state index is 14.0. The number of aromatic hydroxyl groups is 1. The van der Waals surface area contributed by atoms with Crippen LogP contribution in [0.1, 0.15) is 30.0 Å². The summed E-state index contributed by atoms with van der Waals surface area (Å²) < 4.78 is 0. The lowest BCUT2D eigenvalue weighted by molar-refractivity contribution is -0.153. The van der Waals surface area contributed by atoms with E-state index in [1.165, 1.54) is 12.0 Å². The van der Waals surface area contributed by atoms with Crippen molar-refractivity contribution in [3.63, 3.8) is 0 Å². The first kappa shape index (κ1) is 27.1. The first-order valence-electron chi connectivity index (χ1n) is 12.0. The Hall–Kier alpha value is -3.90. The highest BCUT2D eigenvalue weighted by Crippen LogP contribution is 2.54. The van der Waals surface area contributed by atoms with Crippen LogP contribution in [0.3, 0.4) is 0 Å². The number of carbonyl (C=O) groups is 3. The third kappa shape index (κ3) is 3.58. The molecule has 3 aliphatic rings. The number of aliphatic hydroxyl groups is 3. The summed E-state index contributed by atoms with van der Waals surface area (Å²) in [4.78, 5) is 47.3. The number of likely N-dealkylation sites (N-methyl/N-ethyl adjacent to an activating group) is 1. The molecule has 4 atom stereocenters. The number of rotatable bonds is 5. The summed E-state index contributed by atoms with van der Waals surface area (Å²) in [5, 5.41) is 49.2. The fourth-order valence-electron chi connectivity index (χ4n) is 6.15.